The van der Waals surface area contributed by atoms with E-state index in [-0.39, 0.29) is 18.2 Å². The standard InChI is InChI=1S/C20H23N5O5/c1-2-11-30-16-6-3-14(4-7-16)24-19(26)12-17(20(24)27)21-9-10-22-18-8-5-15(13-23-18)25(28)29/h3-8,13,15,17,21H,2,9-12H2,1H3. The van der Waals surface area contributed by atoms with E-state index in [4.69, 9.17) is 4.74 Å². The average Bonchev–Trinajstić information content (AvgIpc) is 3.03. The van der Waals surface area contributed by atoms with Gasteiger partial charge in [0.1, 0.15) is 11.6 Å². The number of aliphatic imine (C=N–C) groups is 2. The van der Waals surface area contributed by atoms with Crippen LogP contribution in [0.2, 0.25) is 0 Å². The van der Waals surface area contributed by atoms with Crippen LogP contribution < -0.4 is 15.0 Å². The number of nitrogens with one attached hydrogen (secondary N) is 1. The third kappa shape index (κ3) is 5.15. The molecule has 2 aliphatic rings. The molecule has 158 valence electrons. The molecule has 0 bridgehead atoms. The van der Waals surface area contributed by atoms with Crippen LogP contribution in [0.25, 0.3) is 0 Å². The number of imide groups is 1. The first-order chi connectivity index (χ1) is 14.5. The van der Waals surface area contributed by atoms with Crippen LogP contribution in [-0.2, 0) is 9.59 Å². The van der Waals surface area contributed by atoms with E-state index in [1.165, 1.54) is 23.3 Å². The second-order valence-corrected chi connectivity index (χ2v) is 6.77. The molecule has 1 N–H and O–H groups in total. The molecule has 0 aliphatic carbocycles. The minimum atomic E-state index is -0.928. The van der Waals surface area contributed by atoms with E-state index in [0.29, 0.717) is 37.0 Å². The molecule has 1 fully saturated rings. The Kier molecular flexibility index (Phi) is 7.02. The van der Waals surface area contributed by atoms with Gasteiger partial charge in [0, 0.05) is 11.5 Å². The average molecular weight is 413 g/mol. The van der Waals surface area contributed by atoms with Crippen LogP contribution in [0.3, 0.4) is 0 Å². The van der Waals surface area contributed by atoms with Gasteiger partial charge in [-0.1, -0.05) is 6.92 Å². The lowest BCUT2D eigenvalue weighted by Crippen LogP contribution is -2.39. The Balaban J connectivity index is 1.50. The number of dihydropyridines is 1. The molecule has 1 saturated heterocycles. The van der Waals surface area contributed by atoms with Crippen molar-refractivity contribution in [2.45, 2.75) is 31.8 Å². The second-order valence-electron chi connectivity index (χ2n) is 6.77. The maximum atomic E-state index is 12.6. The number of hydrogen-bond donors (Lipinski definition) is 1. The molecule has 30 heavy (non-hydrogen) atoms. The highest BCUT2D eigenvalue weighted by molar-refractivity contribution is 6.22. The van der Waals surface area contributed by atoms with Crippen molar-refractivity contribution in [3.05, 3.63) is 46.5 Å². The van der Waals surface area contributed by atoms with Gasteiger partial charge in [-0.25, -0.2) is 9.89 Å². The number of hydrogen-bond acceptors (Lipinski definition) is 7. The Morgan fingerprint density at radius 2 is 2.10 bits per heavy atom. The fourth-order valence-electron chi connectivity index (χ4n) is 3.03. The van der Waals surface area contributed by atoms with Crippen molar-refractivity contribution in [1.29, 1.82) is 0 Å². The van der Waals surface area contributed by atoms with E-state index in [1.54, 1.807) is 24.3 Å². The van der Waals surface area contributed by atoms with Gasteiger partial charge in [-0.2, -0.15) is 0 Å². The quantitative estimate of drug-likeness (QED) is 0.282. The number of carbonyl (C=O) groups is 2. The number of anilines is 1. The second kappa shape index (κ2) is 9.88. The fraction of sp³-hybridized carbons (Fsp3) is 0.400. The molecule has 2 heterocycles. The van der Waals surface area contributed by atoms with Crippen molar-refractivity contribution in [3.8, 4) is 5.75 Å². The van der Waals surface area contributed by atoms with Gasteiger partial charge in [-0.05, 0) is 42.8 Å². The number of rotatable bonds is 9. The highest BCUT2D eigenvalue weighted by atomic mass is 16.6. The van der Waals surface area contributed by atoms with Gasteiger partial charge < -0.3 is 10.1 Å². The first-order valence-electron chi connectivity index (χ1n) is 9.73. The number of amides is 2. The van der Waals surface area contributed by atoms with Gasteiger partial charge in [0.15, 0.2) is 0 Å². The van der Waals surface area contributed by atoms with Crippen LogP contribution in [0.4, 0.5) is 5.69 Å². The Hall–Kier alpha value is -3.40. The molecule has 3 rings (SSSR count). The normalized spacial score (nSPS) is 22.2. The largest absolute Gasteiger partial charge is 0.494 e. The van der Waals surface area contributed by atoms with E-state index in [9.17, 15) is 19.7 Å². The van der Waals surface area contributed by atoms with E-state index < -0.39 is 17.0 Å². The summed E-state index contributed by atoms with van der Waals surface area (Å²) in [6, 6.07) is 5.33. The fourth-order valence-corrected chi connectivity index (χ4v) is 3.03. The lowest BCUT2D eigenvalue weighted by Gasteiger charge is -2.16. The lowest BCUT2D eigenvalue weighted by atomic mass is 10.2. The number of carbonyl (C=O) groups excluding carboxylic acids is 2. The summed E-state index contributed by atoms with van der Waals surface area (Å²) >= 11 is 0. The SMILES string of the molecule is CCCOc1ccc(N2C(=O)CC(NCCN=C3C=CC([N+](=O)[O-])C=N3)C2=O)cc1. The molecule has 0 aromatic heterocycles. The molecular formula is C20H23N5O5. The molecule has 10 nitrogen and oxygen atoms in total. The summed E-state index contributed by atoms with van der Waals surface area (Å²) in [7, 11) is 0. The predicted octanol–water partition coefficient (Wildman–Crippen LogP) is 1.38. The van der Waals surface area contributed by atoms with Crippen molar-refractivity contribution < 1.29 is 19.2 Å². The van der Waals surface area contributed by atoms with Gasteiger partial charge in [-0.15, -0.1) is 0 Å². The van der Waals surface area contributed by atoms with Gasteiger partial charge in [-0.3, -0.25) is 24.7 Å². The highest BCUT2D eigenvalue weighted by Gasteiger charge is 2.39. The summed E-state index contributed by atoms with van der Waals surface area (Å²) in [6.07, 6.45) is 5.10. The van der Waals surface area contributed by atoms with E-state index in [1.807, 2.05) is 6.92 Å². The molecule has 0 saturated carbocycles. The maximum absolute atomic E-state index is 12.6. The van der Waals surface area contributed by atoms with Crippen molar-refractivity contribution in [2.24, 2.45) is 9.98 Å². The first kappa shape index (κ1) is 21.3. The van der Waals surface area contributed by atoms with Crippen molar-refractivity contribution in [1.82, 2.24) is 5.32 Å². The van der Waals surface area contributed by atoms with Gasteiger partial charge in [0.05, 0.1) is 37.5 Å². The van der Waals surface area contributed by atoms with Gasteiger partial charge in [0.25, 0.3) is 11.9 Å². The lowest BCUT2D eigenvalue weighted by molar-refractivity contribution is -0.489. The summed E-state index contributed by atoms with van der Waals surface area (Å²) in [5.41, 5.74) is 0.514. The third-order valence-corrected chi connectivity index (χ3v) is 4.54. The van der Waals surface area contributed by atoms with Crippen molar-refractivity contribution >= 4 is 29.6 Å². The van der Waals surface area contributed by atoms with Crippen molar-refractivity contribution in [3.63, 3.8) is 0 Å². The minimum absolute atomic E-state index is 0.0755. The Bertz CT molecular complexity index is 877. The number of nitrogens with zero attached hydrogens (tertiary/aromatic N) is 4. The number of ether oxygens (including phenoxy) is 1. The summed E-state index contributed by atoms with van der Waals surface area (Å²) in [6.45, 7) is 3.31. The third-order valence-electron chi connectivity index (χ3n) is 4.54. The van der Waals surface area contributed by atoms with E-state index in [2.05, 4.69) is 15.3 Å². The zero-order chi connectivity index (χ0) is 21.5. The smallest absolute Gasteiger partial charge is 0.266 e. The van der Waals surface area contributed by atoms with E-state index >= 15 is 0 Å². The highest BCUT2D eigenvalue weighted by Crippen LogP contribution is 2.25. The molecule has 2 aliphatic heterocycles. The predicted molar refractivity (Wildman–Crippen MR) is 112 cm³/mol. The summed E-state index contributed by atoms with van der Waals surface area (Å²) in [5.74, 6) is 0.504. The minimum Gasteiger partial charge on any atom is -0.494 e. The molecule has 2 unspecified atom stereocenters. The molecule has 1 aromatic rings. The van der Waals surface area contributed by atoms with Crippen LogP contribution in [0.5, 0.6) is 5.75 Å². The molecule has 0 spiro atoms. The summed E-state index contributed by atoms with van der Waals surface area (Å²) in [5, 5.41) is 13.7. The number of amidine groups is 1. The Morgan fingerprint density at radius 1 is 1.33 bits per heavy atom. The van der Waals surface area contributed by atoms with Crippen LogP contribution in [0.1, 0.15) is 19.8 Å². The summed E-state index contributed by atoms with van der Waals surface area (Å²) in [4.78, 5) is 44.5. The topological polar surface area (TPSA) is 126 Å². The molecule has 10 heteroatoms. The van der Waals surface area contributed by atoms with Crippen LogP contribution in [0.15, 0.2) is 46.4 Å². The monoisotopic (exact) mass is 413 g/mol. The maximum Gasteiger partial charge on any atom is 0.266 e. The van der Waals surface area contributed by atoms with Gasteiger partial charge >= 0.3 is 0 Å². The van der Waals surface area contributed by atoms with Gasteiger partial charge in [0.2, 0.25) is 5.91 Å². The summed E-state index contributed by atoms with van der Waals surface area (Å²) < 4.78 is 5.52. The Labute approximate surface area is 173 Å². The van der Waals surface area contributed by atoms with Crippen LogP contribution in [-0.4, -0.2) is 60.6 Å². The molecule has 2 atom stereocenters. The molecule has 0 radical (unpaired) electrons. The molecular weight excluding hydrogens is 390 g/mol. The Morgan fingerprint density at radius 3 is 2.73 bits per heavy atom. The number of nitro groups is 1. The van der Waals surface area contributed by atoms with E-state index in [0.717, 1.165) is 6.42 Å². The molecule has 1 aromatic carbocycles. The molecule has 2 amide bonds. The van der Waals surface area contributed by atoms with Crippen LogP contribution in [0, 0.1) is 10.1 Å². The number of benzene rings is 1. The van der Waals surface area contributed by atoms with Crippen LogP contribution >= 0.6 is 0 Å². The first-order valence-corrected chi connectivity index (χ1v) is 9.73. The zero-order valence-corrected chi connectivity index (χ0v) is 16.6. The zero-order valence-electron chi connectivity index (χ0n) is 16.6. The van der Waals surface area contributed by atoms with Crippen molar-refractivity contribution in [2.75, 3.05) is 24.6 Å².